The van der Waals surface area contributed by atoms with Gasteiger partial charge < -0.3 is 9.16 Å². The predicted octanol–water partition coefficient (Wildman–Crippen LogP) is 9.57. The molecule has 0 amide bonds. The molecule has 0 aliphatic rings. The zero-order chi connectivity index (χ0) is 23.6. The van der Waals surface area contributed by atoms with E-state index in [2.05, 4.69) is 92.3 Å². The molecule has 2 aromatic rings. The molecule has 2 rings (SSSR count). The quantitative estimate of drug-likeness (QED) is 0.103. The number of unbranched alkanes of at least 4 members (excludes halogenated alkanes) is 3. The van der Waals surface area contributed by atoms with Crippen LogP contribution in [0.3, 0.4) is 0 Å². The summed E-state index contributed by atoms with van der Waals surface area (Å²) in [6.45, 7) is 11.3. The fraction of sp³-hybridized carbons (Fsp3) is 0.556. The lowest BCUT2D eigenvalue weighted by Crippen LogP contribution is -2.38. The summed E-state index contributed by atoms with van der Waals surface area (Å²) in [4.78, 5) is 1.33. The molecular weight excluding hydrogens is 496 g/mol. The molecule has 32 heavy (non-hydrogen) atoms. The molecule has 2 unspecified atom stereocenters. The summed E-state index contributed by atoms with van der Waals surface area (Å²) in [5, 5.41) is 1.51. The maximum absolute atomic E-state index is 6.69. The van der Waals surface area contributed by atoms with Gasteiger partial charge in [-0.1, -0.05) is 79.2 Å². The van der Waals surface area contributed by atoms with Crippen LogP contribution in [0.25, 0.3) is 0 Å². The SMILES string of the molecule is CCC(C)[Si](C)(C)Oc1cc(C(CCCCCCBr)Sc2ccc(C)cc2)ccc1OC. The molecule has 2 atom stereocenters. The number of benzene rings is 2. The molecule has 0 aliphatic heterocycles. The van der Waals surface area contributed by atoms with Crippen LogP contribution in [0, 0.1) is 6.92 Å². The lowest BCUT2D eigenvalue weighted by atomic mass is 10.0. The lowest BCUT2D eigenvalue weighted by molar-refractivity contribution is 0.389. The van der Waals surface area contributed by atoms with Gasteiger partial charge in [0, 0.05) is 15.5 Å². The summed E-state index contributed by atoms with van der Waals surface area (Å²) >= 11 is 5.52. The molecule has 5 heteroatoms. The van der Waals surface area contributed by atoms with E-state index in [-0.39, 0.29) is 0 Å². The Morgan fingerprint density at radius 2 is 1.66 bits per heavy atom. The maximum atomic E-state index is 6.69. The number of aryl methyl sites for hydroxylation is 1. The van der Waals surface area contributed by atoms with Crippen LogP contribution in [-0.2, 0) is 0 Å². The Labute approximate surface area is 210 Å². The molecule has 0 heterocycles. The Bertz CT molecular complexity index is 810. The van der Waals surface area contributed by atoms with Crippen molar-refractivity contribution in [3.8, 4) is 11.5 Å². The number of thioether (sulfide) groups is 1. The van der Waals surface area contributed by atoms with E-state index >= 15 is 0 Å². The highest BCUT2D eigenvalue weighted by atomic mass is 79.9. The van der Waals surface area contributed by atoms with Crippen LogP contribution in [0.1, 0.15) is 68.7 Å². The molecular formula is C27H41BrO2SSi. The summed E-state index contributed by atoms with van der Waals surface area (Å²) in [7, 11) is -0.127. The number of methoxy groups -OCH3 is 1. The molecule has 178 valence electrons. The van der Waals surface area contributed by atoms with E-state index in [0.29, 0.717) is 10.8 Å². The number of rotatable bonds is 14. The second kappa shape index (κ2) is 13.7. The lowest BCUT2D eigenvalue weighted by Gasteiger charge is -2.31. The van der Waals surface area contributed by atoms with E-state index in [9.17, 15) is 0 Å². The predicted molar refractivity (Wildman–Crippen MR) is 147 cm³/mol. The topological polar surface area (TPSA) is 18.5 Å². The number of ether oxygens (including phenoxy) is 1. The minimum Gasteiger partial charge on any atom is -0.541 e. The molecule has 0 N–H and O–H groups in total. The standard InChI is InChI=1S/C27H41BrO2SSi/c1-7-22(3)32(5,6)30-26-20-23(15-18-25(26)29-4)27(12-10-8-9-11-19-28)31-24-16-13-21(2)14-17-24/h13-18,20,22,27H,7-12,19H2,1-6H3. The van der Waals surface area contributed by atoms with E-state index in [1.165, 1.54) is 48.1 Å². The average Bonchev–Trinajstić information content (AvgIpc) is 2.78. The summed E-state index contributed by atoms with van der Waals surface area (Å²) in [5.41, 5.74) is 3.22. The Morgan fingerprint density at radius 1 is 0.969 bits per heavy atom. The summed E-state index contributed by atoms with van der Waals surface area (Å²) in [5.74, 6) is 1.75. The van der Waals surface area contributed by atoms with Gasteiger partial charge in [0.15, 0.2) is 5.75 Å². The smallest absolute Gasteiger partial charge is 0.248 e. The van der Waals surface area contributed by atoms with Gasteiger partial charge in [0.1, 0.15) is 5.75 Å². The van der Waals surface area contributed by atoms with E-state index in [1.807, 2.05) is 11.8 Å². The van der Waals surface area contributed by atoms with Crippen LogP contribution in [0.5, 0.6) is 11.5 Å². The first-order valence-corrected chi connectivity index (χ1v) is 17.0. The largest absolute Gasteiger partial charge is 0.541 e. The van der Waals surface area contributed by atoms with Crippen molar-refractivity contribution in [1.82, 2.24) is 0 Å². The van der Waals surface area contributed by atoms with E-state index in [0.717, 1.165) is 23.2 Å². The zero-order valence-electron chi connectivity index (χ0n) is 20.7. The van der Waals surface area contributed by atoms with E-state index < -0.39 is 8.32 Å². The maximum Gasteiger partial charge on any atom is 0.248 e. The van der Waals surface area contributed by atoms with Crippen molar-refractivity contribution in [2.75, 3.05) is 12.4 Å². The van der Waals surface area contributed by atoms with Crippen LogP contribution >= 0.6 is 27.7 Å². The van der Waals surface area contributed by atoms with Gasteiger partial charge in [-0.25, -0.2) is 0 Å². The second-order valence-corrected chi connectivity index (χ2v) is 15.7. The molecule has 0 saturated heterocycles. The first-order chi connectivity index (χ1) is 15.3. The van der Waals surface area contributed by atoms with Crippen LogP contribution in [0.4, 0.5) is 0 Å². The van der Waals surface area contributed by atoms with Crippen LogP contribution in [0.15, 0.2) is 47.4 Å². The highest BCUT2D eigenvalue weighted by Crippen LogP contribution is 2.43. The summed E-state index contributed by atoms with van der Waals surface area (Å²) in [6.07, 6.45) is 7.38. The highest BCUT2D eigenvalue weighted by molar-refractivity contribution is 9.09. The van der Waals surface area contributed by atoms with Crippen molar-refractivity contribution in [3.05, 3.63) is 53.6 Å². The monoisotopic (exact) mass is 536 g/mol. The summed E-state index contributed by atoms with van der Waals surface area (Å²) < 4.78 is 12.4. The normalized spacial score (nSPS) is 13.6. The minimum atomic E-state index is -1.86. The van der Waals surface area contributed by atoms with Gasteiger partial charge in [-0.15, -0.1) is 11.8 Å². The highest BCUT2D eigenvalue weighted by Gasteiger charge is 2.32. The first kappa shape index (κ1) is 27.3. The molecule has 0 aliphatic carbocycles. The molecule has 0 saturated carbocycles. The Morgan fingerprint density at radius 3 is 2.28 bits per heavy atom. The van der Waals surface area contributed by atoms with E-state index in [1.54, 1.807) is 7.11 Å². The molecule has 0 spiro atoms. The minimum absolute atomic E-state index is 0.406. The molecule has 0 aromatic heterocycles. The van der Waals surface area contributed by atoms with Crippen molar-refractivity contribution in [3.63, 3.8) is 0 Å². The Hall–Kier alpha value is -0.913. The van der Waals surface area contributed by atoms with Gasteiger partial charge in [0.25, 0.3) is 0 Å². The molecule has 2 nitrogen and oxygen atoms in total. The number of hydrogen-bond donors (Lipinski definition) is 0. The first-order valence-electron chi connectivity index (χ1n) is 12.0. The van der Waals surface area contributed by atoms with Crippen molar-refractivity contribution in [2.45, 2.75) is 88.1 Å². The number of halogens is 1. The van der Waals surface area contributed by atoms with Gasteiger partial charge in [-0.2, -0.15) is 0 Å². The van der Waals surface area contributed by atoms with Crippen molar-refractivity contribution >= 4 is 36.0 Å². The van der Waals surface area contributed by atoms with Crippen LogP contribution in [-0.4, -0.2) is 20.8 Å². The fourth-order valence-corrected chi connectivity index (χ4v) is 7.20. The van der Waals surface area contributed by atoms with Gasteiger partial charge in [0.05, 0.1) is 7.11 Å². The average molecular weight is 538 g/mol. The van der Waals surface area contributed by atoms with Gasteiger partial charge >= 0.3 is 0 Å². The molecule has 0 fully saturated rings. The van der Waals surface area contributed by atoms with Crippen molar-refractivity contribution in [2.24, 2.45) is 0 Å². The van der Waals surface area contributed by atoms with Crippen LogP contribution < -0.4 is 9.16 Å². The molecule has 0 radical (unpaired) electrons. The van der Waals surface area contributed by atoms with Crippen molar-refractivity contribution < 1.29 is 9.16 Å². The third-order valence-corrected chi connectivity index (χ3v) is 11.8. The Kier molecular flexibility index (Phi) is 11.7. The van der Waals surface area contributed by atoms with Gasteiger partial charge in [0.2, 0.25) is 8.32 Å². The molecule has 0 bridgehead atoms. The van der Waals surface area contributed by atoms with Gasteiger partial charge in [-0.3, -0.25) is 0 Å². The third kappa shape index (κ3) is 8.46. The second-order valence-electron chi connectivity index (χ2n) is 9.24. The zero-order valence-corrected chi connectivity index (χ0v) is 24.2. The molecule has 2 aromatic carbocycles. The Balaban J connectivity index is 2.28. The van der Waals surface area contributed by atoms with Crippen molar-refractivity contribution in [1.29, 1.82) is 0 Å². The summed E-state index contributed by atoms with van der Waals surface area (Å²) in [6, 6.07) is 15.5. The fourth-order valence-electron chi connectivity index (χ4n) is 3.70. The number of hydrogen-bond acceptors (Lipinski definition) is 3. The van der Waals surface area contributed by atoms with Gasteiger partial charge in [-0.05, 0) is 68.2 Å². The van der Waals surface area contributed by atoms with Crippen LogP contribution in [0.2, 0.25) is 18.6 Å². The van der Waals surface area contributed by atoms with E-state index in [4.69, 9.17) is 9.16 Å². The third-order valence-electron chi connectivity index (χ3n) is 6.38. The number of alkyl halides is 1.